The number of nitrogens with zero attached hydrogens (tertiary/aromatic N) is 1. The highest BCUT2D eigenvalue weighted by Crippen LogP contribution is 2.24. The third-order valence-corrected chi connectivity index (χ3v) is 4.30. The number of rotatable bonds is 4. The third-order valence-electron chi connectivity index (χ3n) is 4.30. The molecule has 1 aromatic rings. The lowest BCUT2D eigenvalue weighted by atomic mass is 9.87. The van der Waals surface area contributed by atoms with E-state index in [0.717, 1.165) is 18.6 Å². The van der Waals surface area contributed by atoms with Crippen LogP contribution in [0.4, 0.5) is 0 Å². The molecule has 0 saturated heterocycles. The van der Waals surface area contributed by atoms with Crippen molar-refractivity contribution in [3.05, 3.63) is 53.3 Å². The molecule has 1 fully saturated rings. The van der Waals surface area contributed by atoms with Crippen molar-refractivity contribution in [2.24, 2.45) is 10.6 Å². The van der Waals surface area contributed by atoms with Gasteiger partial charge in [0.05, 0.1) is 11.3 Å². The molecule has 0 radical (unpaired) electrons. The topological polar surface area (TPSA) is 38.7 Å². The minimum atomic E-state index is -0.435. The molecule has 0 unspecified atom stereocenters. The van der Waals surface area contributed by atoms with E-state index in [2.05, 4.69) is 24.7 Å². The second-order valence-electron chi connectivity index (χ2n) is 6.60. The Morgan fingerprint density at radius 3 is 2.48 bits per heavy atom. The fourth-order valence-electron chi connectivity index (χ4n) is 2.36. The predicted octanol–water partition coefficient (Wildman–Crippen LogP) is 5.29. The predicted molar refractivity (Wildman–Crippen MR) is 93.4 cm³/mol. The minimum Gasteiger partial charge on any atom is -0.313 e. The van der Waals surface area contributed by atoms with Gasteiger partial charge in [0.25, 0.3) is 0 Å². The van der Waals surface area contributed by atoms with Crippen molar-refractivity contribution in [3.63, 3.8) is 0 Å². The Kier molecular flexibility index (Phi) is 5.95. The van der Waals surface area contributed by atoms with Crippen molar-refractivity contribution in [2.75, 3.05) is 0 Å². The summed E-state index contributed by atoms with van der Waals surface area (Å²) in [5.41, 5.74) is 5.79. The van der Waals surface area contributed by atoms with E-state index in [1.54, 1.807) is 24.3 Å². The number of carbonyl (C=O) groups excluding carboxylic acids is 1. The van der Waals surface area contributed by atoms with E-state index < -0.39 is 5.97 Å². The van der Waals surface area contributed by atoms with Crippen LogP contribution in [0.15, 0.2) is 52.9 Å². The highest BCUT2D eigenvalue weighted by Gasteiger charge is 2.20. The summed E-state index contributed by atoms with van der Waals surface area (Å²) in [5.74, 6) is -0.435. The molecule has 0 atom stereocenters. The SMILES string of the molecule is C/C(=N\OC(=O)c1ccccc1)C(C)(C)C=C=C1CCCCC1. The van der Waals surface area contributed by atoms with Crippen LogP contribution in [0, 0.1) is 5.41 Å². The molecule has 0 amide bonds. The molecule has 23 heavy (non-hydrogen) atoms. The molecule has 1 aliphatic rings. The lowest BCUT2D eigenvalue weighted by molar-refractivity contribution is 0.0513. The molecule has 0 bridgehead atoms. The van der Waals surface area contributed by atoms with Gasteiger partial charge in [-0.3, -0.25) is 0 Å². The number of carbonyl (C=O) groups is 1. The van der Waals surface area contributed by atoms with Gasteiger partial charge in [0.15, 0.2) is 0 Å². The number of oxime groups is 1. The average Bonchev–Trinajstić information content (AvgIpc) is 2.59. The maximum absolute atomic E-state index is 11.9. The zero-order valence-corrected chi connectivity index (χ0v) is 14.3. The molecule has 0 spiro atoms. The first-order chi connectivity index (χ1) is 11.0. The van der Waals surface area contributed by atoms with Crippen LogP contribution in [0.1, 0.15) is 63.2 Å². The molecule has 3 heteroatoms. The van der Waals surface area contributed by atoms with Crippen molar-refractivity contribution in [1.82, 2.24) is 0 Å². The second kappa shape index (κ2) is 7.94. The first kappa shape index (κ1) is 17.2. The third kappa shape index (κ3) is 5.22. The van der Waals surface area contributed by atoms with Crippen LogP contribution >= 0.6 is 0 Å². The van der Waals surface area contributed by atoms with Gasteiger partial charge in [-0.05, 0) is 56.4 Å². The summed E-state index contributed by atoms with van der Waals surface area (Å²) < 4.78 is 0. The van der Waals surface area contributed by atoms with Crippen molar-refractivity contribution >= 4 is 11.7 Å². The van der Waals surface area contributed by atoms with E-state index >= 15 is 0 Å². The molecule has 3 nitrogen and oxygen atoms in total. The number of hydrogen-bond donors (Lipinski definition) is 0. The molecule has 0 aromatic heterocycles. The second-order valence-corrected chi connectivity index (χ2v) is 6.60. The Hall–Kier alpha value is -2.12. The van der Waals surface area contributed by atoms with Crippen molar-refractivity contribution < 1.29 is 9.63 Å². The van der Waals surface area contributed by atoms with Crippen molar-refractivity contribution in [3.8, 4) is 0 Å². The van der Waals surface area contributed by atoms with Crippen LogP contribution in [0.25, 0.3) is 0 Å². The van der Waals surface area contributed by atoms with Crippen LogP contribution in [0.3, 0.4) is 0 Å². The molecule has 1 saturated carbocycles. The quantitative estimate of drug-likeness (QED) is 0.328. The van der Waals surface area contributed by atoms with Gasteiger partial charge in [-0.1, -0.05) is 43.6 Å². The summed E-state index contributed by atoms with van der Waals surface area (Å²) >= 11 is 0. The summed E-state index contributed by atoms with van der Waals surface area (Å²) in [6.07, 6.45) is 8.18. The number of hydrogen-bond acceptors (Lipinski definition) is 3. The van der Waals surface area contributed by atoms with E-state index in [-0.39, 0.29) is 5.41 Å². The molecule has 122 valence electrons. The first-order valence-electron chi connectivity index (χ1n) is 8.26. The fraction of sp³-hybridized carbons (Fsp3) is 0.450. The van der Waals surface area contributed by atoms with Crippen LogP contribution < -0.4 is 0 Å². The smallest absolute Gasteiger partial charge is 0.313 e. The Labute approximate surface area is 138 Å². The summed E-state index contributed by atoms with van der Waals surface area (Å²) in [7, 11) is 0. The molecule has 1 aliphatic carbocycles. The fourth-order valence-corrected chi connectivity index (χ4v) is 2.36. The molecule has 0 aliphatic heterocycles. The number of allylic oxidation sites excluding steroid dienone is 1. The first-order valence-corrected chi connectivity index (χ1v) is 8.26. The van der Waals surface area contributed by atoms with Crippen molar-refractivity contribution in [2.45, 2.75) is 52.9 Å². The summed E-state index contributed by atoms with van der Waals surface area (Å²) in [5, 5.41) is 4.02. The monoisotopic (exact) mass is 311 g/mol. The van der Waals surface area contributed by atoms with Crippen LogP contribution in [0.2, 0.25) is 0 Å². The van der Waals surface area contributed by atoms with Crippen LogP contribution in [-0.2, 0) is 4.84 Å². The maximum Gasteiger partial charge on any atom is 0.365 e. The molecule has 2 rings (SSSR count). The highest BCUT2D eigenvalue weighted by molar-refractivity contribution is 5.92. The Bertz CT molecular complexity index is 627. The van der Waals surface area contributed by atoms with Crippen molar-refractivity contribution in [1.29, 1.82) is 0 Å². The van der Waals surface area contributed by atoms with Gasteiger partial charge in [-0.2, -0.15) is 0 Å². The van der Waals surface area contributed by atoms with Gasteiger partial charge in [0, 0.05) is 5.41 Å². The summed E-state index contributed by atoms with van der Waals surface area (Å²) in [6.45, 7) is 5.99. The van der Waals surface area contributed by atoms with Gasteiger partial charge >= 0.3 is 5.97 Å². The van der Waals surface area contributed by atoms with Crippen LogP contribution in [0.5, 0.6) is 0 Å². The maximum atomic E-state index is 11.9. The van der Waals surface area contributed by atoms with E-state index in [9.17, 15) is 4.79 Å². The lowest BCUT2D eigenvalue weighted by Crippen LogP contribution is -2.19. The Morgan fingerprint density at radius 1 is 1.17 bits per heavy atom. The largest absolute Gasteiger partial charge is 0.365 e. The standard InChI is InChI=1S/C20H25NO2/c1-16(21-23-19(22)18-12-8-5-9-13-18)20(2,3)15-14-17-10-6-4-7-11-17/h5,8-9,12-13,15H,4,6-7,10-11H2,1-3H3/b21-16+. The number of benzene rings is 1. The van der Waals surface area contributed by atoms with E-state index in [0.29, 0.717) is 5.56 Å². The van der Waals surface area contributed by atoms with Crippen LogP contribution in [-0.4, -0.2) is 11.7 Å². The van der Waals surface area contributed by atoms with Gasteiger partial charge in [0.2, 0.25) is 0 Å². The molecular weight excluding hydrogens is 286 g/mol. The molecule has 1 aromatic carbocycles. The van der Waals surface area contributed by atoms with Gasteiger partial charge < -0.3 is 4.84 Å². The van der Waals surface area contributed by atoms with E-state index in [1.165, 1.54) is 24.8 Å². The lowest BCUT2D eigenvalue weighted by Gasteiger charge is -2.18. The molecule has 0 N–H and O–H groups in total. The van der Waals surface area contributed by atoms with E-state index in [4.69, 9.17) is 4.84 Å². The Balaban J connectivity index is 2.03. The minimum absolute atomic E-state index is 0.290. The van der Waals surface area contributed by atoms with E-state index in [1.807, 2.05) is 19.1 Å². The molecule has 0 heterocycles. The average molecular weight is 311 g/mol. The zero-order chi connectivity index (χ0) is 16.7. The van der Waals surface area contributed by atoms with Gasteiger partial charge in [-0.15, -0.1) is 5.73 Å². The van der Waals surface area contributed by atoms with Gasteiger partial charge in [-0.25, -0.2) is 4.79 Å². The summed E-state index contributed by atoms with van der Waals surface area (Å²) in [6, 6.07) is 8.89. The Morgan fingerprint density at radius 2 is 1.83 bits per heavy atom. The van der Waals surface area contributed by atoms with Gasteiger partial charge in [0.1, 0.15) is 0 Å². The normalized spacial score (nSPS) is 15.8. The highest BCUT2D eigenvalue weighted by atomic mass is 16.7. The molecular formula is C20H25NO2. The summed E-state index contributed by atoms with van der Waals surface area (Å²) in [4.78, 5) is 17.0. The zero-order valence-electron chi connectivity index (χ0n) is 14.3.